The van der Waals surface area contributed by atoms with Gasteiger partial charge >= 0.3 is 12.1 Å². The van der Waals surface area contributed by atoms with E-state index in [9.17, 15) is 13.2 Å². The largest absolute Gasteiger partial charge is 0.490 e. The van der Waals surface area contributed by atoms with E-state index in [1.54, 1.807) is 0 Å². The molecule has 0 amide bonds. The van der Waals surface area contributed by atoms with Crippen LogP contribution in [0.25, 0.3) is 33.5 Å². The van der Waals surface area contributed by atoms with Gasteiger partial charge in [0.15, 0.2) is 0 Å². The van der Waals surface area contributed by atoms with Crippen LogP contribution in [0.4, 0.5) is 13.2 Å². The number of aliphatic carboxylic acids is 1. The normalized spacial score (nSPS) is 14.4. The van der Waals surface area contributed by atoms with Crippen molar-refractivity contribution in [3.8, 4) is 28.6 Å². The maximum atomic E-state index is 10.6. The number of aromatic amines is 1. The number of benzene rings is 3. The Labute approximate surface area is 230 Å². The molecule has 1 aliphatic rings. The molecule has 208 valence electrons. The minimum atomic E-state index is -5.08. The van der Waals surface area contributed by atoms with Crippen LogP contribution in [0.5, 0.6) is 0 Å². The number of carbonyl (C=O) groups is 1. The zero-order valence-corrected chi connectivity index (χ0v) is 22.1. The first kappa shape index (κ1) is 28.8. The summed E-state index contributed by atoms with van der Waals surface area (Å²) in [5.74, 6) is -1.85. The van der Waals surface area contributed by atoms with Gasteiger partial charge in [-0.05, 0) is 35.2 Å². The Morgan fingerprint density at radius 3 is 2.05 bits per heavy atom. The number of hydrogen-bond acceptors (Lipinski definition) is 5. The van der Waals surface area contributed by atoms with Crippen LogP contribution in [0.15, 0.2) is 66.7 Å². The third-order valence-electron chi connectivity index (χ3n) is 6.81. The quantitative estimate of drug-likeness (QED) is 0.312. The molecular formula is C30H30F3N5O2. The molecule has 40 heavy (non-hydrogen) atoms. The predicted octanol–water partition coefficient (Wildman–Crippen LogP) is 5.87. The van der Waals surface area contributed by atoms with Crippen LogP contribution in [0.3, 0.4) is 0 Å². The first-order chi connectivity index (χ1) is 19.1. The van der Waals surface area contributed by atoms with Gasteiger partial charge in [-0.3, -0.25) is 9.80 Å². The van der Waals surface area contributed by atoms with Crippen LogP contribution in [-0.2, 0) is 11.3 Å². The molecule has 1 saturated heterocycles. The molecule has 0 aliphatic carbocycles. The molecule has 0 unspecified atom stereocenters. The summed E-state index contributed by atoms with van der Waals surface area (Å²) in [7, 11) is 0. The first-order valence-electron chi connectivity index (χ1n) is 12.9. The summed E-state index contributed by atoms with van der Waals surface area (Å²) in [6.07, 6.45) is -4.46. The Balaban J connectivity index is 0.000000470. The van der Waals surface area contributed by atoms with Crippen molar-refractivity contribution in [3.63, 3.8) is 0 Å². The van der Waals surface area contributed by atoms with E-state index in [1.807, 2.05) is 0 Å². The van der Waals surface area contributed by atoms with Gasteiger partial charge in [-0.1, -0.05) is 60.7 Å². The van der Waals surface area contributed by atoms with Gasteiger partial charge < -0.3 is 10.1 Å². The summed E-state index contributed by atoms with van der Waals surface area (Å²) >= 11 is 0. The lowest BCUT2D eigenvalue weighted by Crippen LogP contribution is -2.46. The molecule has 0 radical (unpaired) electrons. The molecular weight excluding hydrogens is 519 g/mol. The number of nitriles is 1. The van der Waals surface area contributed by atoms with E-state index in [2.05, 4.69) is 94.5 Å². The van der Waals surface area contributed by atoms with Gasteiger partial charge in [-0.15, -0.1) is 0 Å². The number of carboxylic acid groups (broad SMARTS) is 1. The number of fused-ring (bicyclic) bond motifs is 1. The molecule has 1 aromatic heterocycles. The van der Waals surface area contributed by atoms with Crippen LogP contribution in [0.2, 0.25) is 0 Å². The molecule has 0 spiro atoms. The number of imidazole rings is 1. The number of alkyl halides is 3. The van der Waals surface area contributed by atoms with Gasteiger partial charge in [0.2, 0.25) is 0 Å². The van der Waals surface area contributed by atoms with Crippen molar-refractivity contribution in [2.75, 3.05) is 32.7 Å². The third kappa shape index (κ3) is 7.46. The van der Waals surface area contributed by atoms with Crippen molar-refractivity contribution in [1.82, 2.24) is 19.8 Å². The van der Waals surface area contributed by atoms with Crippen LogP contribution >= 0.6 is 0 Å². The van der Waals surface area contributed by atoms with Crippen molar-refractivity contribution < 1.29 is 23.1 Å². The second kappa shape index (κ2) is 12.8. The Morgan fingerprint density at radius 2 is 1.50 bits per heavy atom. The summed E-state index contributed by atoms with van der Waals surface area (Å²) in [5.41, 5.74) is 8.19. The second-order valence-electron chi connectivity index (χ2n) is 9.66. The first-order valence-corrected chi connectivity index (χ1v) is 12.9. The molecule has 0 saturated carbocycles. The molecule has 0 bridgehead atoms. The van der Waals surface area contributed by atoms with Crippen LogP contribution in [0, 0.1) is 18.3 Å². The van der Waals surface area contributed by atoms with Crippen molar-refractivity contribution >= 4 is 17.0 Å². The summed E-state index contributed by atoms with van der Waals surface area (Å²) in [5, 5.41) is 15.9. The summed E-state index contributed by atoms with van der Waals surface area (Å²) < 4.78 is 31.7. The molecule has 10 heteroatoms. The van der Waals surface area contributed by atoms with E-state index in [4.69, 9.17) is 20.1 Å². The highest BCUT2D eigenvalue weighted by atomic mass is 19.4. The lowest BCUT2D eigenvalue weighted by Gasteiger charge is -2.34. The fraction of sp³-hybridized carbons (Fsp3) is 0.300. The number of aromatic nitrogens is 2. The number of carboxylic acids is 1. The zero-order chi connectivity index (χ0) is 28.7. The van der Waals surface area contributed by atoms with Gasteiger partial charge in [0.05, 0.1) is 17.1 Å². The average molecular weight is 550 g/mol. The fourth-order valence-corrected chi connectivity index (χ4v) is 4.57. The number of hydrogen-bond donors (Lipinski definition) is 2. The highest BCUT2D eigenvalue weighted by molar-refractivity contribution is 5.82. The topological polar surface area (TPSA) is 96.3 Å². The predicted molar refractivity (Wildman–Crippen MR) is 147 cm³/mol. The number of aryl methyl sites for hydroxylation is 1. The Hall–Kier alpha value is -4.20. The summed E-state index contributed by atoms with van der Waals surface area (Å²) in [6, 6.07) is 26.0. The maximum absolute atomic E-state index is 10.6. The second-order valence-corrected chi connectivity index (χ2v) is 9.66. The third-order valence-corrected chi connectivity index (χ3v) is 6.81. The number of para-hydroxylation sites is 1. The van der Waals surface area contributed by atoms with Crippen molar-refractivity contribution in [1.29, 1.82) is 5.26 Å². The standard InChI is InChI=1S/C28H29N5.C2HF3O2/c1-21-4-2-5-26-27(21)31-28(30-26)25-12-10-24(11-13-25)23-8-6-22(7-9-23)20-33-18-16-32(17-19-33)15-3-14-29;3-2(4,5)1(6)7/h2,4-13H,3,15-20H2,1H3,(H,30,31);(H,6,7). The Morgan fingerprint density at radius 1 is 0.950 bits per heavy atom. The smallest absolute Gasteiger partial charge is 0.475 e. The summed E-state index contributed by atoms with van der Waals surface area (Å²) in [4.78, 5) is 22.0. The number of nitrogens with zero attached hydrogens (tertiary/aromatic N) is 4. The van der Waals surface area contributed by atoms with Crippen molar-refractivity contribution in [2.24, 2.45) is 0 Å². The number of halogens is 3. The number of nitrogens with one attached hydrogen (secondary N) is 1. The highest BCUT2D eigenvalue weighted by Gasteiger charge is 2.38. The van der Waals surface area contributed by atoms with Crippen LogP contribution in [0.1, 0.15) is 17.5 Å². The number of piperazine rings is 1. The molecule has 3 aromatic carbocycles. The lowest BCUT2D eigenvalue weighted by molar-refractivity contribution is -0.192. The molecule has 4 aromatic rings. The maximum Gasteiger partial charge on any atom is 0.490 e. The van der Waals surface area contributed by atoms with E-state index in [-0.39, 0.29) is 0 Å². The van der Waals surface area contributed by atoms with Crippen LogP contribution in [-0.4, -0.2) is 69.7 Å². The van der Waals surface area contributed by atoms with Gasteiger partial charge in [-0.25, -0.2) is 9.78 Å². The minimum absolute atomic E-state index is 0.625. The summed E-state index contributed by atoms with van der Waals surface area (Å²) in [6.45, 7) is 8.21. The molecule has 7 nitrogen and oxygen atoms in total. The molecule has 0 atom stereocenters. The van der Waals surface area contributed by atoms with E-state index in [0.29, 0.717) is 6.42 Å². The minimum Gasteiger partial charge on any atom is -0.475 e. The molecule has 1 aliphatic heterocycles. The van der Waals surface area contributed by atoms with Gasteiger partial charge in [0, 0.05) is 51.3 Å². The Bertz CT molecular complexity index is 1470. The average Bonchev–Trinajstić information content (AvgIpc) is 3.39. The van der Waals surface area contributed by atoms with Gasteiger partial charge in [0.25, 0.3) is 0 Å². The highest BCUT2D eigenvalue weighted by Crippen LogP contribution is 2.26. The van der Waals surface area contributed by atoms with Crippen molar-refractivity contribution in [3.05, 3.63) is 77.9 Å². The van der Waals surface area contributed by atoms with E-state index >= 15 is 0 Å². The van der Waals surface area contributed by atoms with Crippen molar-refractivity contribution in [2.45, 2.75) is 26.1 Å². The van der Waals surface area contributed by atoms with E-state index < -0.39 is 12.1 Å². The van der Waals surface area contributed by atoms with Gasteiger partial charge in [-0.2, -0.15) is 18.4 Å². The molecule has 5 rings (SSSR count). The zero-order valence-electron chi connectivity index (χ0n) is 22.1. The van der Waals surface area contributed by atoms with E-state index in [1.165, 1.54) is 22.3 Å². The molecule has 1 fully saturated rings. The van der Waals surface area contributed by atoms with E-state index in [0.717, 1.165) is 61.7 Å². The lowest BCUT2D eigenvalue weighted by atomic mass is 10.0. The van der Waals surface area contributed by atoms with Gasteiger partial charge in [0.1, 0.15) is 5.82 Å². The fourth-order valence-electron chi connectivity index (χ4n) is 4.57. The SMILES string of the molecule is Cc1cccc2[nH]c(-c3ccc(-c4ccc(CN5CCN(CCC#N)CC5)cc4)cc3)nc12.O=C(O)C(F)(F)F. The molecule has 2 N–H and O–H groups in total. The number of rotatable bonds is 6. The van der Waals surface area contributed by atoms with Crippen LogP contribution < -0.4 is 0 Å². The Kier molecular flexibility index (Phi) is 9.19. The monoisotopic (exact) mass is 549 g/mol. The molecule has 2 heterocycles. The number of H-pyrrole nitrogens is 1.